The van der Waals surface area contributed by atoms with Crippen LogP contribution in [0.4, 0.5) is 0 Å². The third-order valence-corrected chi connectivity index (χ3v) is 1.17. The van der Waals surface area contributed by atoms with Crippen LogP contribution in [-0.2, 0) is 4.57 Å². The molecule has 0 aliphatic heterocycles. The van der Waals surface area contributed by atoms with Gasteiger partial charge in [-0.1, -0.05) is 0 Å². The SMILES string of the molecule is O=P(O)(O)N=P. The van der Waals surface area contributed by atoms with E-state index in [4.69, 9.17) is 9.79 Å². The van der Waals surface area contributed by atoms with Gasteiger partial charge >= 0.3 is 7.75 Å². The van der Waals surface area contributed by atoms with E-state index in [9.17, 15) is 4.57 Å². The lowest BCUT2D eigenvalue weighted by molar-refractivity contribution is 0.376. The molecular formula is H3NO3P2. The van der Waals surface area contributed by atoms with Crippen LogP contribution in [0.2, 0.25) is 0 Å². The lowest BCUT2D eigenvalue weighted by atomic mass is 13.9. The van der Waals surface area contributed by atoms with Gasteiger partial charge in [-0.2, -0.15) is 4.52 Å². The number of hydrogen-bond donors (Lipinski definition) is 2. The smallest absolute Gasteiger partial charge is 0.307 e. The van der Waals surface area contributed by atoms with Crippen LogP contribution in [0.1, 0.15) is 0 Å². The fourth-order valence-electron chi connectivity index (χ4n) is 0. The van der Waals surface area contributed by atoms with Crippen molar-refractivity contribution in [1.29, 1.82) is 0 Å². The van der Waals surface area contributed by atoms with Crippen molar-refractivity contribution in [3.05, 3.63) is 0 Å². The topological polar surface area (TPSA) is 69.9 Å². The van der Waals surface area contributed by atoms with E-state index < -0.39 is 7.75 Å². The Balaban J connectivity index is 3.81. The van der Waals surface area contributed by atoms with Gasteiger partial charge in [0.15, 0.2) is 0 Å². The quantitative estimate of drug-likeness (QED) is 0.501. The van der Waals surface area contributed by atoms with Gasteiger partial charge in [-0.15, -0.1) is 0 Å². The van der Waals surface area contributed by atoms with Crippen LogP contribution >= 0.6 is 16.8 Å². The summed E-state index contributed by atoms with van der Waals surface area (Å²) in [6.07, 6.45) is 0. The van der Waals surface area contributed by atoms with E-state index in [1.165, 1.54) is 0 Å². The zero-order valence-corrected chi connectivity index (χ0v) is 4.59. The lowest BCUT2D eigenvalue weighted by Gasteiger charge is -1.85. The average Bonchev–Trinajstić information content (AvgIpc) is 1.35. The minimum Gasteiger partial charge on any atom is -0.307 e. The molecule has 0 unspecified atom stereocenters. The summed E-state index contributed by atoms with van der Waals surface area (Å²) >= 11 is 0. The Morgan fingerprint density at radius 1 is 1.67 bits per heavy atom. The molecule has 0 radical (unpaired) electrons. The molecule has 0 aromatic heterocycles. The molecule has 0 atom stereocenters. The van der Waals surface area contributed by atoms with Crippen LogP contribution in [0.15, 0.2) is 4.52 Å². The first-order chi connectivity index (χ1) is 2.56. The third kappa shape index (κ3) is 4.25. The summed E-state index contributed by atoms with van der Waals surface area (Å²) in [5, 5.41) is 0. The minimum absolute atomic E-state index is 2.27. The average molecular weight is 127 g/mol. The van der Waals surface area contributed by atoms with Crippen LogP contribution < -0.4 is 0 Å². The van der Waals surface area contributed by atoms with Crippen molar-refractivity contribution >= 4 is 16.8 Å². The van der Waals surface area contributed by atoms with Gasteiger partial charge < -0.3 is 9.79 Å². The van der Waals surface area contributed by atoms with Crippen molar-refractivity contribution in [2.75, 3.05) is 0 Å². The lowest BCUT2D eigenvalue weighted by Crippen LogP contribution is -1.61. The molecule has 4 nitrogen and oxygen atoms in total. The summed E-state index contributed by atoms with van der Waals surface area (Å²) in [5.41, 5.74) is 0. The normalized spacial score (nSPS) is 11.0. The molecule has 0 fully saturated rings. The molecule has 0 amide bonds. The van der Waals surface area contributed by atoms with Crippen molar-refractivity contribution < 1.29 is 14.4 Å². The van der Waals surface area contributed by atoms with Gasteiger partial charge in [0.2, 0.25) is 0 Å². The molecule has 0 saturated heterocycles. The van der Waals surface area contributed by atoms with Gasteiger partial charge in [0.1, 0.15) is 0 Å². The molecule has 0 aliphatic rings. The standard InChI is InChI=1S/H3NO3P2/c2-6(3,4)1-5/h5H,(H2,2,3,4). The third-order valence-electron chi connectivity index (χ3n) is 0.130. The molecule has 36 valence electrons. The molecule has 0 spiro atoms. The Morgan fingerprint density at radius 3 is 1.83 bits per heavy atom. The van der Waals surface area contributed by atoms with Gasteiger partial charge in [0, 0.05) is 0 Å². The molecule has 0 aliphatic carbocycles. The predicted octanol–water partition coefficient (Wildman–Crippen LogP) is 0.405. The second-order valence-corrected chi connectivity index (χ2v) is 2.44. The maximum absolute atomic E-state index is 9.48. The van der Waals surface area contributed by atoms with Crippen molar-refractivity contribution in [3.63, 3.8) is 0 Å². The minimum atomic E-state index is -4.11. The summed E-state index contributed by atoms with van der Waals surface area (Å²) in [6, 6.07) is 0. The molecule has 0 rings (SSSR count). The van der Waals surface area contributed by atoms with Gasteiger partial charge in [-0.3, -0.25) is 0 Å². The molecule has 0 bridgehead atoms. The summed E-state index contributed by atoms with van der Waals surface area (Å²) in [6.45, 7) is 0. The highest BCUT2D eigenvalue weighted by Crippen LogP contribution is 2.36. The summed E-state index contributed by atoms with van der Waals surface area (Å²) in [4.78, 5) is 15.4. The largest absolute Gasteiger partial charge is 0.452 e. The van der Waals surface area contributed by atoms with Crippen molar-refractivity contribution in [2.45, 2.75) is 0 Å². The van der Waals surface area contributed by atoms with E-state index in [1.54, 1.807) is 0 Å². The van der Waals surface area contributed by atoms with Crippen LogP contribution in [0.3, 0.4) is 0 Å². The molecule has 0 aromatic rings. The Bertz CT molecular complexity index is 91.0. The molecule has 2 N–H and O–H groups in total. The second kappa shape index (κ2) is 1.80. The molecule has 0 aromatic carbocycles. The van der Waals surface area contributed by atoms with Crippen molar-refractivity contribution in [3.8, 4) is 0 Å². The molecule has 6 heavy (non-hydrogen) atoms. The highest BCUT2D eigenvalue weighted by Gasteiger charge is 2.04. The maximum atomic E-state index is 9.48. The van der Waals surface area contributed by atoms with E-state index in [1.807, 2.05) is 0 Å². The number of rotatable bonds is 1. The van der Waals surface area contributed by atoms with E-state index in [-0.39, 0.29) is 0 Å². The van der Waals surface area contributed by atoms with Gasteiger partial charge in [0.25, 0.3) is 0 Å². The zero-order valence-electron chi connectivity index (χ0n) is 2.70. The zero-order chi connectivity index (χ0) is 5.21. The number of hydrogen-bond acceptors (Lipinski definition) is 1. The molecule has 0 saturated carbocycles. The first-order valence-corrected chi connectivity index (χ1v) is 3.02. The summed E-state index contributed by atoms with van der Waals surface area (Å²) < 4.78 is 12.0. The number of nitrogens with zero attached hydrogens (tertiary/aromatic N) is 1. The Morgan fingerprint density at radius 2 is 1.83 bits per heavy atom. The first-order valence-electron chi connectivity index (χ1n) is 1.01. The predicted molar refractivity (Wildman–Crippen MR) is 22.8 cm³/mol. The highest BCUT2D eigenvalue weighted by atomic mass is 31.2. The Hall–Kier alpha value is 0.250. The van der Waals surface area contributed by atoms with Crippen molar-refractivity contribution in [2.24, 2.45) is 4.52 Å². The van der Waals surface area contributed by atoms with E-state index in [0.717, 1.165) is 0 Å². The van der Waals surface area contributed by atoms with Crippen LogP contribution in [0, 0.1) is 0 Å². The fourth-order valence-corrected chi connectivity index (χ4v) is 0. The van der Waals surface area contributed by atoms with E-state index >= 15 is 0 Å². The summed E-state index contributed by atoms with van der Waals surface area (Å²) in [5.74, 6) is 0. The fraction of sp³-hybridized carbons (Fsp3) is 0. The van der Waals surface area contributed by atoms with Crippen LogP contribution in [0.25, 0.3) is 0 Å². The van der Waals surface area contributed by atoms with E-state index in [2.05, 4.69) is 13.5 Å². The Kier molecular flexibility index (Phi) is 1.88. The van der Waals surface area contributed by atoms with Crippen LogP contribution in [0.5, 0.6) is 0 Å². The second-order valence-electron chi connectivity index (χ2n) is 0.613. The molecule has 6 heteroatoms. The molecule has 0 heterocycles. The van der Waals surface area contributed by atoms with Crippen LogP contribution in [-0.4, -0.2) is 9.79 Å². The molecular weight excluding hydrogens is 124 g/mol. The first kappa shape index (κ1) is 6.25. The maximum Gasteiger partial charge on any atom is 0.452 e. The highest BCUT2D eigenvalue weighted by molar-refractivity contribution is 7.53. The van der Waals surface area contributed by atoms with Gasteiger partial charge in [-0.25, -0.2) is 4.57 Å². The monoisotopic (exact) mass is 127 g/mol. The summed E-state index contributed by atoms with van der Waals surface area (Å²) in [7, 11) is -1.83. The van der Waals surface area contributed by atoms with Crippen molar-refractivity contribution in [1.82, 2.24) is 0 Å². The Labute approximate surface area is 36.7 Å². The van der Waals surface area contributed by atoms with E-state index in [0.29, 0.717) is 0 Å². The van der Waals surface area contributed by atoms with Gasteiger partial charge in [0.05, 0.1) is 0 Å². The van der Waals surface area contributed by atoms with Gasteiger partial charge in [-0.05, 0) is 9.03 Å².